The summed E-state index contributed by atoms with van der Waals surface area (Å²) in [6.45, 7) is 0.820. The molecule has 21 heavy (non-hydrogen) atoms. The quantitative estimate of drug-likeness (QED) is 0.880. The first-order valence-corrected chi connectivity index (χ1v) is 7.28. The van der Waals surface area contributed by atoms with Crippen molar-refractivity contribution >= 4 is 11.6 Å². The van der Waals surface area contributed by atoms with Gasteiger partial charge in [0.25, 0.3) is 0 Å². The lowest BCUT2D eigenvalue weighted by atomic mass is 10.1. The second-order valence-corrected chi connectivity index (χ2v) is 5.45. The minimum absolute atomic E-state index is 0.159. The van der Waals surface area contributed by atoms with Gasteiger partial charge >= 0.3 is 0 Å². The molecule has 3 rings (SSSR count). The highest BCUT2D eigenvalue weighted by Gasteiger charge is 2.29. The van der Waals surface area contributed by atoms with Gasteiger partial charge in [0.05, 0.1) is 12.5 Å². The summed E-state index contributed by atoms with van der Waals surface area (Å²) in [4.78, 5) is 18.7. The Morgan fingerprint density at radius 2 is 2.24 bits per heavy atom. The van der Waals surface area contributed by atoms with E-state index in [-0.39, 0.29) is 11.9 Å². The van der Waals surface area contributed by atoms with Crippen molar-refractivity contribution in [2.75, 3.05) is 12.3 Å². The van der Waals surface area contributed by atoms with Crippen LogP contribution in [-0.2, 0) is 11.2 Å². The number of nitrogens with two attached hydrogens (primary N) is 1. The van der Waals surface area contributed by atoms with Gasteiger partial charge in [-0.25, -0.2) is 0 Å². The minimum atomic E-state index is 0.159. The zero-order valence-corrected chi connectivity index (χ0v) is 11.9. The van der Waals surface area contributed by atoms with Crippen LogP contribution in [0.1, 0.15) is 30.0 Å². The maximum absolute atomic E-state index is 12.6. The first-order chi connectivity index (χ1) is 10.2. The molecule has 0 aliphatic carbocycles. The highest BCUT2D eigenvalue weighted by molar-refractivity contribution is 5.79. The summed E-state index contributed by atoms with van der Waals surface area (Å²) in [6.07, 6.45) is 6.08. The second kappa shape index (κ2) is 5.95. The van der Waals surface area contributed by atoms with E-state index in [2.05, 4.69) is 4.98 Å². The van der Waals surface area contributed by atoms with Crippen LogP contribution in [0.3, 0.4) is 0 Å². The molecule has 1 atom stereocenters. The van der Waals surface area contributed by atoms with E-state index in [0.717, 1.165) is 30.5 Å². The maximum atomic E-state index is 12.6. The van der Waals surface area contributed by atoms with Crippen molar-refractivity contribution in [3.63, 3.8) is 0 Å². The van der Waals surface area contributed by atoms with Gasteiger partial charge in [-0.05, 0) is 42.2 Å². The molecule has 0 radical (unpaired) electrons. The summed E-state index contributed by atoms with van der Waals surface area (Å²) in [7, 11) is 0. The Labute approximate surface area is 124 Å². The molecule has 0 saturated carbocycles. The fourth-order valence-corrected chi connectivity index (χ4v) is 2.96. The molecule has 1 aromatic carbocycles. The molecule has 1 aromatic heterocycles. The number of rotatable bonds is 3. The number of amides is 1. The average molecular weight is 281 g/mol. The van der Waals surface area contributed by atoms with Crippen LogP contribution in [0.4, 0.5) is 5.69 Å². The predicted octanol–water partition coefficient (Wildman–Crippen LogP) is 2.57. The van der Waals surface area contributed by atoms with Gasteiger partial charge in [0.1, 0.15) is 0 Å². The molecule has 2 heterocycles. The topological polar surface area (TPSA) is 59.2 Å². The second-order valence-electron chi connectivity index (χ2n) is 5.45. The van der Waals surface area contributed by atoms with Crippen LogP contribution >= 0.6 is 0 Å². The van der Waals surface area contributed by atoms with Crippen LogP contribution in [0, 0.1) is 0 Å². The molecule has 4 heteroatoms. The number of nitrogen functional groups attached to an aromatic ring is 1. The number of benzene rings is 1. The highest BCUT2D eigenvalue weighted by Crippen LogP contribution is 2.31. The Kier molecular flexibility index (Phi) is 3.86. The molecule has 1 unspecified atom stereocenters. The van der Waals surface area contributed by atoms with Gasteiger partial charge in [-0.2, -0.15) is 0 Å². The molecule has 1 amide bonds. The number of hydrogen-bond donors (Lipinski definition) is 1. The number of likely N-dealkylation sites (tertiary alicyclic amines) is 1. The predicted molar refractivity (Wildman–Crippen MR) is 82.5 cm³/mol. The van der Waals surface area contributed by atoms with Crippen LogP contribution in [0.25, 0.3) is 0 Å². The zero-order valence-electron chi connectivity index (χ0n) is 11.9. The number of nitrogens with zero attached hydrogens (tertiary/aromatic N) is 2. The van der Waals surface area contributed by atoms with Crippen molar-refractivity contribution in [2.45, 2.75) is 25.3 Å². The molecule has 4 nitrogen and oxygen atoms in total. The van der Waals surface area contributed by atoms with Gasteiger partial charge < -0.3 is 10.6 Å². The van der Waals surface area contributed by atoms with Crippen molar-refractivity contribution in [1.82, 2.24) is 9.88 Å². The van der Waals surface area contributed by atoms with Crippen molar-refractivity contribution in [3.05, 3.63) is 59.9 Å². The third kappa shape index (κ3) is 3.05. The summed E-state index contributed by atoms with van der Waals surface area (Å²) in [5.41, 5.74) is 8.56. The monoisotopic (exact) mass is 281 g/mol. The van der Waals surface area contributed by atoms with E-state index in [0.29, 0.717) is 12.1 Å². The van der Waals surface area contributed by atoms with Gasteiger partial charge in [0, 0.05) is 24.6 Å². The Morgan fingerprint density at radius 3 is 3.00 bits per heavy atom. The van der Waals surface area contributed by atoms with E-state index >= 15 is 0 Å². The van der Waals surface area contributed by atoms with Crippen molar-refractivity contribution in [2.24, 2.45) is 0 Å². The van der Waals surface area contributed by atoms with Gasteiger partial charge in [-0.15, -0.1) is 0 Å². The van der Waals surface area contributed by atoms with E-state index in [4.69, 9.17) is 5.73 Å². The lowest BCUT2D eigenvalue weighted by Crippen LogP contribution is -2.31. The molecule has 0 spiro atoms. The first kappa shape index (κ1) is 13.6. The number of carbonyl (C=O) groups is 1. The van der Waals surface area contributed by atoms with Gasteiger partial charge in [0.15, 0.2) is 0 Å². The van der Waals surface area contributed by atoms with Gasteiger partial charge in [-0.3, -0.25) is 9.78 Å². The molecule has 1 aliphatic heterocycles. The standard InChI is InChI=1S/C17H19N3O/c18-15-6-1-4-13(10-15)11-17(21)20-9-3-7-16(20)14-5-2-8-19-12-14/h1-2,4-6,8,10,12,16H,3,7,9,11,18H2. The smallest absolute Gasteiger partial charge is 0.227 e. The van der Waals surface area contributed by atoms with Crippen molar-refractivity contribution in [1.29, 1.82) is 0 Å². The summed E-state index contributed by atoms with van der Waals surface area (Å²) in [5, 5.41) is 0. The van der Waals surface area contributed by atoms with Crippen LogP contribution in [-0.4, -0.2) is 22.3 Å². The fourth-order valence-electron chi connectivity index (χ4n) is 2.96. The van der Waals surface area contributed by atoms with E-state index in [9.17, 15) is 4.79 Å². The lowest BCUT2D eigenvalue weighted by molar-refractivity contribution is -0.131. The summed E-state index contributed by atoms with van der Waals surface area (Å²) >= 11 is 0. The van der Waals surface area contributed by atoms with Gasteiger partial charge in [-0.1, -0.05) is 18.2 Å². The zero-order chi connectivity index (χ0) is 14.7. The van der Waals surface area contributed by atoms with Crippen LogP contribution in [0.2, 0.25) is 0 Å². The van der Waals surface area contributed by atoms with E-state index in [1.807, 2.05) is 47.5 Å². The molecule has 108 valence electrons. The normalized spacial score (nSPS) is 17.9. The van der Waals surface area contributed by atoms with Crippen LogP contribution < -0.4 is 5.73 Å². The summed E-state index contributed by atoms with van der Waals surface area (Å²) < 4.78 is 0. The van der Waals surface area contributed by atoms with E-state index < -0.39 is 0 Å². The van der Waals surface area contributed by atoms with Gasteiger partial charge in [0.2, 0.25) is 5.91 Å². The molecule has 2 N–H and O–H groups in total. The van der Waals surface area contributed by atoms with Crippen LogP contribution in [0.15, 0.2) is 48.8 Å². The number of carbonyl (C=O) groups excluding carboxylic acids is 1. The fraction of sp³-hybridized carbons (Fsp3) is 0.294. The number of pyridine rings is 1. The Balaban J connectivity index is 1.74. The Bertz CT molecular complexity index is 627. The SMILES string of the molecule is Nc1cccc(CC(=O)N2CCCC2c2cccnc2)c1. The largest absolute Gasteiger partial charge is 0.399 e. The summed E-state index contributed by atoms with van der Waals surface area (Å²) in [5.74, 6) is 0.159. The maximum Gasteiger partial charge on any atom is 0.227 e. The van der Waals surface area contributed by atoms with Crippen LogP contribution in [0.5, 0.6) is 0 Å². The molecular formula is C17H19N3O. The van der Waals surface area contributed by atoms with Crippen molar-refractivity contribution < 1.29 is 4.79 Å². The third-order valence-corrected chi connectivity index (χ3v) is 3.95. The molecule has 1 saturated heterocycles. The molecule has 1 fully saturated rings. The third-order valence-electron chi connectivity index (χ3n) is 3.95. The highest BCUT2D eigenvalue weighted by atomic mass is 16.2. The van der Waals surface area contributed by atoms with E-state index in [1.54, 1.807) is 6.20 Å². The average Bonchev–Trinajstić information content (AvgIpc) is 2.98. The number of aromatic nitrogens is 1. The van der Waals surface area contributed by atoms with Crippen molar-refractivity contribution in [3.8, 4) is 0 Å². The Hall–Kier alpha value is -2.36. The Morgan fingerprint density at radius 1 is 1.33 bits per heavy atom. The number of hydrogen-bond acceptors (Lipinski definition) is 3. The molecular weight excluding hydrogens is 262 g/mol. The van der Waals surface area contributed by atoms with E-state index in [1.165, 1.54) is 0 Å². The lowest BCUT2D eigenvalue weighted by Gasteiger charge is -2.25. The molecule has 1 aliphatic rings. The number of anilines is 1. The molecule has 0 bridgehead atoms. The summed E-state index contributed by atoms with van der Waals surface area (Å²) in [6, 6.07) is 11.7. The first-order valence-electron chi connectivity index (χ1n) is 7.28. The molecule has 2 aromatic rings. The minimum Gasteiger partial charge on any atom is -0.399 e.